The van der Waals surface area contributed by atoms with Crippen LogP contribution in [0.3, 0.4) is 0 Å². The largest absolute Gasteiger partial charge is 0.506 e. The average molecular weight is 382 g/mol. The third-order valence-electron chi connectivity index (χ3n) is 4.18. The summed E-state index contributed by atoms with van der Waals surface area (Å²) >= 11 is 0. The van der Waals surface area contributed by atoms with E-state index < -0.39 is 10.8 Å². The van der Waals surface area contributed by atoms with Crippen molar-refractivity contribution in [3.05, 3.63) is 81.3 Å². The van der Waals surface area contributed by atoms with Gasteiger partial charge in [0, 0.05) is 12.1 Å². The number of phenols is 1. The zero-order chi connectivity index (χ0) is 20.3. The molecule has 8 nitrogen and oxygen atoms in total. The first-order chi connectivity index (χ1) is 13.3. The third kappa shape index (κ3) is 4.29. The maximum Gasteiger partial charge on any atom is 0.291 e. The smallest absolute Gasteiger partial charge is 0.291 e. The Balaban J connectivity index is 1.66. The van der Waals surface area contributed by atoms with Crippen molar-refractivity contribution in [2.75, 3.05) is 5.32 Å². The highest BCUT2D eigenvalue weighted by atomic mass is 16.6. The van der Waals surface area contributed by atoms with Gasteiger partial charge in [-0.1, -0.05) is 6.07 Å². The fourth-order valence-electron chi connectivity index (χ4n) is 2.46. The molecule has 2 N–H and O–H groups in total. The van der Waals surface area contributed by atoms with Crippen LogP contribution >= 0.6 is 0 Å². The van der Waals surface area contributed by atoms with Crippen LogP contribution in [0.1, 0.15) is 27.4 Å². The molecule has 1 amide bonds. The highest BCUT2D eigenvalue weighted by Gasteiger charge is 2.16. The van der Waals surface area contributed by atoms with E-state index >= 15 is 0 Å². The number of aromatic hydroxyl groups is 1. The number of phenolic OH excluding ortho intramolecular Hbond substituents is 1. The molecule has 144 valence electrons. The molecule has 0 spiro atoms. The minimum atomic E-state index is -0.645. The number of nitrogens with one attached hydrogen (secondary N) is 1. The molecule has 0 radical (unpaired) electrons. The van der Waals surface area contributed by atoms with E-state index in [0.29, 0.717) is 11.5 Å². The lowest BCUT2D eigenvalue weighted by Crippen LogP contribution is -2.11. The van der Waals surface area contributed by atoms with Crippen molar-refractivity contribution >= 4 is 17.3 Å². The Hall–Kier alpha value is -3.81. The van der Waals surface area contributed by atoms with Crippen LogP contribution < -0.4 is 10.1 Å². The SMILES string of the molecule is Cc1ccc(OCc2ccc(C(=O)Nc3cc([N+](=O)[O-])ccc3O)o2)cc1C. The van der Waals surface area contributed by atoms with Crippen molar-refractivity contribution in [1.29, 1.82) is 0 Å². The van der Waals surface area contributed by atoms with Crippen molar-refractivity contribution in [3.63, 3.8) is 0 Å². The number of nitro benzene ring substituents is 1. The number of carbonyl (C=O) groups is 1. The second kappa shape index (κ2) is 7.83. The van der Waals surface area contributed by atoms with Crippen molar-refractivity contribution in [3.8, 4) is 11.5 Å². The van der Waals surface area contributed by atoms with Gasteiger partial charge in [-0.15, -0.1) is 0 Å². The molecule has 3 aromatic rings. The summed E-state index contributed by atoms with van der Waals surface area (Å²) < 4.78 is 11.1. The van der Waals surface area contributed by atoms with Crippen molar-refractivity contribution in [1.82, 2.24) is 0 Å². The lowest BCUT2D eigenvalue weighted by atomic mass is 10.1. The van der Waals surface area contributed by atoms with Crippen LogP contribution in [-0.2, 0) is 6.61 Å². The number of nitrogens with zero attached hydrogens (tertiary/aromatic N) is 1. The monoisotopic (exact) mass is 382 g/mol. The molecule has 0 aliphatic heterocycles. The number of nitro groups is 1. The lowest BCUT2D eigenvalue weighted by molar-refractivity contribution is -0.384. The van der Waals surface area contributed by atoms with Gasteiger partial charge in [-0.2, -0.15) is 0 Å². The van der Waals surface area contributed by atoms with E-state index in [1.807, 2.05) is 32.0 Å². The number of hydrogen-bond donors (Lipinski definition) is 2. The summed E-state index contributed by atoms with van der Waals surface area (Å²) in [5.41, 5.74) is 1.93. The number of non-ortho nitro benzene ring substituents is 1. The zero-order valence-electron chi connectivity index (χ0n) is 15.3. The third-order valence-corrected chi connectivity index (χ3v) is 4.18. The van der Waals surface area contributed by atoms with E-state index in [-0.39, 0.29) is 29.5 Å². The molecule has 2 aromatic carbocycles. The van der Waals surface area contributed by atoms with Crippen LogP contribution in [-0.4, -0.2) is 15.9 Å². The Morgan fingerprint density at radius 1 is 1.14 bits per heavy atom. The normalized spacial score (nSPS) is 10.5. The molecule has 0 bridgehead atoms. The maximum absolute atomic E-state index is 12.3. The van der Waals surface area contributed by atoms with E-state index in [0.717, 1.165) is 29.3 Å². The predicted molar refractivity (Wildman–Crippen MR) is 102 cm³/mol. The Bertz CT molecular complexity index is 1040. The van der Waals surface area contributed by atoms with Crippen LogP contribution in [0.5, 0.6) is 11.5 Å². The fourth-order valence-corrected chi connectivity index (χ4v) is 2.46. The minimum absolute atomic E-state index is 0.00964. The molecule has 8 heteroatoms. The summed E-state index contributed by atoms with van der Waals surface area (Å²) in [6.07, 6.45) is 0. The first-order valence-electron chi connectivity index (χ1n) is 8.41. The Morgan fingerprint density at radius 2 is 1.93 bits per heavy atom. The number of carbonyl (C=O) groups excluding carboxylic acids is 1. The van der Waals surface area contributed by atoms with Gasteiger partial charge in [0.25, 0.3) is 11.6 Å². The summed E-state index contributed by atoms with van der Waals surface area (Å²) in [6.45, 7) is 4.13. The molecule has 0 unspecified atom stereocenters. The van der Waals surface area contributed by atoms with Crippen LogP contribution in [0.15, 0.2) is 52.9 Å². The molecule has 3 rings (SSSR count). The maximum atomic E-state index is 12.3. The second-order valence-electron chi connectivity index (χ2n) is 6.21. The molecule has 0 aliphatic rings. The molecule has 0 fully saturated rings. The Labute approximate surface area is 160 Å². The number of amides is 1. The fraction of sp³-hybridized carbons (Fsp3) is 0.150. The standard InChI is InChI=1S/C20H18N2O6/c1-12-3-5-15(9-13(12)2)27-11-16-6-8-19(28-16)20(24)21-17-10-14(22(25)26)4-7-18(17)23/h3-10,23H,11H2,1-2H3,(H,21,24). The van der Waals surface area contributed by atoms with Crippen LogP contribution in [0.4, 0.5) is 11.4 Å². The topological polar surface area (TPSA) is 115 Å². The number of ether oxygens (including phenoxy) is 1. The van der Waals surface area contributed by atoms with Gasteiger partial charge in [-0.05, 0) is 55.3 Å². The quantitative estimate of drug-likeness (QED) is 0.372. The van der Waals surface area contributed by atoms with Gasteiger partial charge < -0.3 is 19.6 Å². The first-order valence-corrected chi connectivity index (χ1v) is 8.41. The highest BCUT2D eigenvalue weighted by molar-refractivity contribution is 6.03. The minimum Gasteiger partial charge on any atom is -0.506 e. The predicted octanol–water partition coefficient (Wildman–Crippen LogP) is 4.34. The summed E-state index contributed by atoms with van der Waals surface area (Å²) in [7, 11) is 0. The number of hydrogen-bond acceptors (Lipinski definition) is 6. The van der Waals surface area contributed by atoms with E-state index in [9.17, 15) is 20.0 Å². The van der Waals surface area contributed by atoms with Crippen LogP contribution in [0.2, 0.25) is 0 Å². The van der Waals surface area contributed by atoms with Crippen LogP contribution in [0, 0.1) is 24.0 Å². The van der Waals surface area contributed by atoms with E-state index in [2.05, 4.69) is 5.32 Å². The molecule has 28 heavy (non-hydrogen) atoms. The molecule has 0 saturated carbocycles. The van der Waals surface area contributed by atoms with E-state index in [1.54, 1.807) is 6.07 Å². The van der Waals surface area contributed by atoms with Gasteiger partial charge >= 0.3 is 0 Å². The summed E-state index contributed by atoms with van der Waals surface area (Å²) in [4.78, 5) is 22.5. The summed E-state index contributed by atoms with van der Waals surface area (Å²) in [5, 5.41) is 23.0. The van der Waals surface area contributed by atoms with Gasteiger partial charge in [-0.25, -0.2) is 0 Å². The van der Waals surface area contributed by atoms with Gasteiger partial charge in [0.1, 0.15) is 23.9 Å². The van der Waals surface area contributed by atoms with E-state index in [4.69, 9.17) is 9.15 Å². The van der Waals surface area contributed by atoms with Crippen molar-refractivity contribution in [2.24, 2.45) is 0 Å². The van der Waals surface area contributed by atoms with Gasteiger partial charge in [0.2, 0.25) is 0 Å². The second-order valence-corrected chi connectivity index (χ2v) is 6.21. The van der Waals surface area contributed by atoms with Gasteiger partial charge in [-0.3, -0.25) is 14.9 Å². The molecule has 1 heterocycles. The Kier molecular flexibility index (Phi) is 5.30. The highest BCUT2D eigenvalue weighted by Crippen LogP contribution is 2.28. The number of rotatable bonds is 6. The molecule has 0 saturated heterocycles. The Morgan fingerprint density at radius 3 is 2.64 bits per heavy atom. The molecule has 1 aromatic heterocycles. The van der Waals surface area contributed by atoms with Crippen molar-refractivity contribution in [2.45, 2.75) is 20.5 Å². The summed E-state index contributed by atoms with van der Waals surface area (Å²) in [6, 6.07) is 12.1. The number of furan rings is 1. The number of anilines is 1. The molecule has 0 aliphatic carbocycles. The summed E-state index contributed by atoms with van der Waals surface area (Å²) in [5.74, 6) is 0.181. The zero-order valence-corrected chi connectivity index (χ0v) is 15.3. The molecule has 0 atom stereocenters. The number of aryl methyl sites for hydroxylation is 2. The van der Waals surface area contributed by atoms with E-state index in [1.165, 1.54) is 6.07 Å². The lowest BCUT2D eigenvalue weighted by Gasteiger charge is -2.07. The van der Waals surface area contributed by atoms with Crippen LogP contribution in [0.25, 0.3) is 0 Å². The average Bonchev–Trinajstić information content (AvgIpc) is 3.13. The molecular weight excluding hydrogens is 364 g/mol. The number of benzene rings is 2. The van der Waals surface area contributed by atoms with Gasteiger partial charge in [0.05, 0.1) is 10.6 Å². The van der Waals surface area contributed by atoms with Crippen molar-refractivity contribution < 1.29 is 24.0 Å². The van der Waals surface area contributed by atoms with Gasteiger partial charge in [0.15, 0.2) is 5.76 Å². The first kappa shape index (κ1) is 19.0. The molecular formula is C20H18N2O6.